The summed E-state index contributed by atoms with van der Waals surface area (Å²) in [6, 6.07) is 10.4. The molecule has 4 nitrogen and oxygen atoms in total. The number of sulfonamides is 1. The molecule has 0 aliphatic heterocycles. The maximum absolute atomic E-state index is 13.3. The average Bonchev–Trinajstić information content (AvgIpc) is 2.70. The molecule has 156 valence electrons. The van der Waals surface area contributed by atoms with Crippen molar-refractivity contribution in [3.8, 4) is 0 Å². The monoisotopic (exact) mass is 424 g/mol. The minimum Gasteiger partial charge on any atom is -0.308 e. The van der Waals surface area contributed by atoms with Gasteiger partial charge in [-0.2, -0.15) is 13.2 Å². The van der Waals surface area contributed by atoms with Crippen molar-refractivity contribution in [3.05, 3.63) is 77.0 Å². The molecule has 29 heavy (non-hydrogen) atoms. The first kappa shape index (κ1) is 22.7. The summed E-state index contributed by atoms with van der Waals surface area (Å²) in [6.45, 7) is 3.64. The lowest BCUT2D eigenvalue weighted by Gasteiger charge is -2.27. The third-order valence-electron chi connectivity index (χ3n) is 4.36. The normalized spacial score (nSPS) is 12.7. The van der Waals surface area contributed by atoms with Crippen molar-refractivity contribution >= 4 is 16.2 Å². The summed E-state index contributed by atoms with van der Waals surface area (Å²) >= 11 is 0. The molecule has 0 aliphatic rings. The van der Waals surface area contributed by atoms with Gasteiger partial charge in [0, 0.05) is 11.9 Å². The van der Waals surface area contributed by atoms with Gasteiger partial charge in [-0.25, -0.2) is 8.42 Å². The Hall–Kier alpha value is -2.61. The molecule has 2 rings (SSSR count). The fraction of sp³-hybridized carbons (Fsp3) is 0.286. The van der Waals surface area contributed by atoms with E-state index in [4.69, 9.17) is 5.41 Å². The van der Waals surface area contributed by atoms with E-state index < -0.39 is 21.8 Å². The summed E-state index contributed by atoms with van der Waals surface area (Å²) < 4.78 is 66.2. The van der Waals surface area contributed by atoms with Gasteiger partial charge in [-0.3, -0.25) is 4.31 Å². The smallest absolute Gasteiger partial charge is 0.308 e. The summed E-state index contributed by atoms with van der Waals surface area (Å²) in [4.78, 5) is 0.0606. The van der Waals surface area contributed by atoms with Crippen molar-refractivity contribution in [3.63, 3.8) is 0 Å². The lowest BCUT2D eigenvalue weighted by atomic mass is 10.1. The van der Waals surface area contributed by atoms with Crippen LogP contribution < -0.4 is 0 Å². The van der Waals surface area contributed by atoms with Crippen LogP contribution in [-0.4, -0.2) is 18.9 Å². The second-order valence-corrected chi connectivity index (χ2v) is 8.24. The molecule has 2 aromatic rings. The van der Waals surface area contributed by atoms with Crippen LogP contribution >= 0.6 is 0 Å². The molecular formula is C21H23F3N2O2S. The third kappa shape index (κ3) is 5.47. The van der Waals surface area contributed by atoms with Crippen molar-refractivity contribution in [2.24, 2.45) is 0 Å². The molecule has 0 heterocycles. The van der Waals surface area contributed by atoms with Crippen LogP contribution in [0.5, 0.6) is 0 Å². The number of allylic oxidation sites excluding steroid dienone is 2. The van der Waals surface area contributed by atoms with E-state index in [-0.39, 0.29) is 11.4 Å². The van der Waals surface area contributed by atoms with Crippen molar-refractivity contribution in [1.29, 1.82) is 5.41 Å². The Balaban J connectivity index is 2.46. The van der Waals surface area contributed by atoms with Crippen LogP contribution in [0.25, 0.3) is 0 Å². The van der Waals surface area contributed by atoms with Crippen molar-refractivity contribution < 1.29 is 21.6 Å². The number of hydrogen-bond acceptors (Lipinski definition) is 3. The van der Waals surface area contributed by atoms with Crippen LogP contribution in [0.3, 0.4) is 0 Å². The van der Waals surface area contributed by atoms with E-state index in [2.05, 4.69) is 0 Å². The Labute approximate surface area is 169 Å². The van der Waals surface area contributed by atoms with E-state index in [1.165, 1.54) is 40.7 Å². The standard InChI is InChI=1S/C21H23F3N2O2S/c1-3-5-19(4-2)26(15-17-6-10-18(11-7-17)21(22,23)24)29(27,28)20-12-8-16(14-25)9-13-20/h5-14,25H,3-4,15H2,1-2H3/b19-5+,25-14?. The van der Waals surface area contributed by atoms with Gasteiger partial charge in [0.15, 0.2) is 0 Å². The van der Waals surface area contributed by atoms with E-state index in [1.807, 2.05) is 13.8 Å². The first-order valence-electron chi connectivity index (χ1n) is 9.12. The van der Waals surface area contributed by atoms with Gasteiger partial charge in [-0.1, -0.05) is 44.2 Å². The molecule has 2 aromatic carbocycles. The second-order valence-electron chi connectivity index (χ2n) is 6.38. The van der Waals surface area contributed by atoms with Crippen LogP contribution in [-0.2, 0) is 22.7 Å². The molecule has 0 aromatic heterocycles. The van der Waals surface area contributed by atoms with Crippen molar-refractivity contribution in [2.45, 2.75) is 44.3 Å². The molecule has 0 aliphatic carbocycles. The fourth-order valence-corrected chi connectivity index (χ4v) is 4.39. The van der Waals surface area contributed by atoms with Crippen LogP contribution in [0.4, 0.5) is 13.2 Å². The molecule has 0 radical (unpaired) electrons. The Bertz CT molecular complexity index is 964. The highest BCUT2D eigenvalue weighted by atomic mass is 32.2. The number of alkyl halides is 3. The molecule has 8 heteroatoms. The summed E-state index contributed by atoms with van der Waals surface area (Å²) in [6.07, 6.45) is -0.461. The van der Waals surface area contributed by atoms with Gasteiger partial charge in [-0.05, 0) is 48.2 Å². The van der Waals surface area contributed by atoms with Gasteiger partial charge in [0.2, 0.25) is 0 Å². The molecule has 0 amide bonds. The quantitative estimate of drug-likeness (QED) is 0.561. The van der Waals surface area contributed by atoms with Gasteiger partial charge in [0.05, 0.1) is 17.0 Å². The van der Waals surface area contributed by atoms with Gasteiger partial charge < -0.3 is 5.41 Å². The molecular weight excluding hydrogens is 401 g/mol. The first-order valence-corrected chi connectivity index (χ1v) is 10.6. The molecule has 0 unspecified atom stereocenters. The Morgan fingerprint density at radius 2 is 1.62 bits per heavy atom. The second kappa shape index (κ2) is 9.26. The first-order chi connectivity index (χ1) is 13.6. The van der Waals surface area contributed by atoms with Gasteiger partial charge >= 0.3 is 6.18 Å². The predicted molar refractivity (Wildman–Crippen MR) is 107 cm³/mol. The zero-order valence-electron chi connectivity index (χ0n) is 16.2. The molecule has 0 spiro atoms. The average molecular weight is 424 g/mol. The summed E-state index contributed by atoms with van der Waals surface area (Å²) in [5.41, 5.74) is 0.812. The van der Waals surface area contributed by atoms with Crippen molar-refractivity contribution in [2.75, 3.05) is 0 Å². The number of rotatable bonds is 8. The van der Waals surface area contributed by atoms with E-state index >= 15 is 0 Å². The summed E-state index contributed by atoms with van der Waals surface area (Å²) in [7, 11) is -3.93. The zero-order valence-corrected chi connectivity index (χ0v) is 17.0. The highest BCUT2D eigenvalue weighted by molar-refractivity contribution is 7.89. The highest BCUT2D eigenvalue weighted by Gasteiger charge is 2.30. The van der Waals surface area contributed by atoms with E-state index in [9.17, 15) is 21.6 Å². The maximum Gasteiger partial charge on any atom is 0.416 e. The molecule has 0 fully saturated rings. The largest absolute Gasteiger partial charge is 0.416 e. The van der Waals surface area contributed by atoms with Gasteiger partial charge in [0.25, 0.3) is 10.0 Å². The van der Waals surface area contributed by atoms with Crippen LogP contribution in [0, 0.1) is 5.41 Å². The van der Waals surface area contributed by atoms with Crippen LogP contribution in [0.15, 0.2) is 65.2 Å². The molecule has 0 atom stereocenters. The minimum atomic E-state index is -4.45. The molecule has 0 saturated heterocycles. The molecule has 0 bridgehead atoms. The minimum absolute atomic E-state index is 0.0606. The summed E-state index contributed by atoms with van der Waals surface area (Å²) in [5.74, 6) is 0. The number of halogens is 3. The highest BCUT2D eigenvalue weighted by Crippen LogP contribution is 2.30. The number of nitrogens with zero attached hydrogens (tertiary/aromatic N) is 1. The zero-order chi connectivity index (χ0) is 21.7. The SMILES string of the molecule is CC/C=C(\CC)N(Cc1ccc(C(F)(F)F)cc1)S(=O)(=O)c1ccc(C=N)cc1. The van der Waals surface area contributed by atoms with Crippen LogP contribution in [0.2, 0.25) is 0 Å². The van der Waals surface area contributed by atoms with Gasteiger partial charge in [0.1, 0.15) is 0 Å². The Morgan fingerprint density at radius 1 is 1.03 bits per heavy atom. The number of hydrogen-bond donors (Lipinski definition) is 1. The molecule has 0 saturated carbocycles. The summed E-state index contributed by atoms with van der Waals surface area (Å²) in [5, 5.41) is 7.24. The van der Waals surface area contributed by atoms with Gasteiger partial charge in [-0.15, -0.1) is 0 Å². The number of benzene rings is 2. The van der Waals surface area contributed by atoms with Crippen molar-refractivity contribution in [1.82, 2.24) is 4.31 Å². The Kier molecular flexibility index (Phi) is 7.24. The molecule has 1 N–H and O–H groups in total. The van der Waals surface area contributed by atoms with E-state index in [0.717, 1.165) is 18.3 Å². The number of nitrogens with one attached hydrogen (secondary N) is 1. The van der Waals surface area contributed by atoms with Crippen LogP contribution in [0.1, 0.15) is 43.4 Å². The van der Waals surface area contributed by atoms with E-state index in [0.29, 0.717) is 29.7 Å². The fourth-order valence-electron chi connectivity index (χ4n) is 2.83. The third-order valence-corrected chi connectivity index (χ3v) is 6.18. The predicted octanol–water partition coefficient (Wildman–Crippen LogP) is 5.60. The maximum atomic E-state index is 13.3. The lowest BCUT2D eigenvalue weighted by Crippen LogP contribution is -2.30. The Morgan fingerprint density at radius 3 is 2.07 bits per heavy atom. The lowest BCUT2D eigenvalue weighted by molar-refractivity contribution is -0.137. The topological polar surface area (TPSA) is 61.2 Å². The van der Waals surface area contributed by atoms with E-state index in [1.54, 1.807) is 6.08 Å².